The van der Waals surface area contributed by atoms with Crippen LogP contribution in [-0.4, -0.2) is 15.3 Å². The third kappa shape index (κ3) is 2.24. The van der Waals surface area contributed by atoms with E-state index in [9.17, 15) is 15.3 Å². The van der Waals surface area contributed by atoms with Crippen molar-refractivity contribution in [1.82, 2.24) is 0 Å². The summed E-state index contributed by atoms with van der Waals surface area (Å²) in [7, 11) is 0. The van der Waals surface area contributed by atoms with Gasteiger partial charge in [0.25, 0.3) is 0 Å². The maximum absolute atomic E-state index is 10.5. The van der Waals surface area contributed by atoms with Crippen molar-refractivity contribution in [1.29, 1.82) is 0 Å². The van der Waals surface area contributed by atoms with E-state index in [1.54, 1.807) is 31.2 Å². The summed E-state index contributed by atoms with van der Waals surface area (Å²) in [6.07, 6.45) is 0. The van der Waals surface area contributed by atoms with Crippen molar-refractivity contribution in [3.63, 3.8) is 0 Å². The van der Waals surface area contributed by atoms with Crippen molar-refractivity contribution in [2.45, 2.75) is 12.5 Å². The molecule has 3 N–H and O–H groups in total. The number of hydrogen-bond acceptors (Lipinski definition) is 3. The van der Waals surface area contributed by atoms with Crippen molar-refractivity contribution in [2.75, 3.05) is 0 Å². The molecule has 0 saturated heterocycles. The van der Waals surface area contributed by atoms with Crippen molar-refractivity contribution in [3.05, 3.63) is 59.7 Å². The van der Waals surface area contributed by atoms with Crippen LogP contribution in [0.25, 0.3) is 0 Å². The Morgan fingerprint density at radius 2 is 1.00 bits per heavy atom. The SMILES string of the molecule is CC(O)(c1ccc(O)cc1)c1ccc(O)cc1. The molecule has 3 nitrogen and oxygen atoms in total. The van der Waals surface area contributed by atoms with Crippen LogP contribution in [0.3, 0.4) is 0 Å². The Bertz CT molecular complexity index is 450. The normalized spacial score (nSPS) is 11.4. The predicted octanol–water partition coefficient (Wildman–Crippen LogP) is 2.35. The van der Waals surface area contributed by atoms with Gasteiger partial charge in [-0.15, -0.1) is 0 Å². The molecule has 0 saturated carbocycles. The van der Waals surface area contributed by atoms with E-state index in [2.05, 4.69) is 0 Å². The van der Waals surface area contributed by atoms with Crippen LogP contribution in [0.5, 0.6) is 11.5 Å². The molecule has 0 radical (unpaired) electrons. The summed E-state index contributed by atoms with van der Waals surface area (Å²) in [4.78, 5) is 0. The van der Waals surface area contributed by atoms with E-state index in [1.807, 2.05) is 0 Å². The van der Waals surface area contributed by atoms with Crippen molar-refractivity contribution < 1.29 is 15.3 Å². The Labute approximate surface area is 99.6 Å². The van der Waals surface area contributed by atoms with Crippen molar-refractivity contribution >= 4 is 0 Å². The molecule has 88 valence electrons. The van der Waals surface area contributed by atoms with Gasteiger partial charge in [0.05, 0.1) is 0 Å². The van der Waals surface area contributed by atoms with Crippen LogP contribution in [0.15, 0.2) is 48.5 Å². The lowest BCUT2D eigenvalue weighted by Gasteiger charge is -2.24. The maximum atomic E-state index is 10.5. The second kappa shape index (κ2) is 4.11. The molecule has 0 bridgehead atoms. The summed E-state index contributed by atoms with van der Waals surface area (Å²) < 4.78 is 0. The molecule has 0 atom stereocenters. The highest BCUT2D eigenvalue weighted by atomic mass is 16.3. The molecule has 0 spiro atoms. The molecule has 0 aliphatic heterocycles. The van der Waals surface area contributed by atoms with E-state index in [0.717, 1.165) is 0 Å². The Morgan fingerprint density at radius 1 is 0.706 bits per heavy atom. The van der Waals surface area contributed by atoms with Gasteiger partial charge in [-0.05, 0) is 42.3 Å². The smallest absolute Gasteiger partial charge is 0.115 e. The topological polar surface area (TPSA) is 60.7 Å². The van der Waals surface area contributed by atoms with Gasteiger partial charge in [-0.25, -0.2) is 0 Å². The number of benzene rings is 2. The van der Waals surface area contributed by atoms with Crippen LogP contribution >= 0.6 is 0 Å². The average molecular weight is 230 g/mol. The third-order valence-corrected chi connectivity index (χ3v) is 2.86. The van der Waals surface area contributed by atoms with E-state index in [4.69, 9.17) is 0 Å². The van der Waals surface area contributed by atoms with Gasteiger partial charge >= 0.3 is 0 Å². The summed E-state index contributed by atoms with van der Waals surface area (Å²) in [5.41, 5.74) is 0.212. The van der Waals surface area contributed by atoms with Crippen molar-refractivity contribution in [2.24, 2.45) is 0 Å². The van der Waals surface area contributed by atoms with Crippen LogP contribution in [0.2, 0.25) is 0 Å². The lowest BCUT2D eigenvalue weighted by Crippen LogP contribution is -2.22. The molecule has 2 aromatic rings. The zero-order valence-electron chi connectivity index (χ0n) is 9.46. The zero-order chi connectivity index (χ0) is 12.5. The van der Waals surface area contributed by atoms with E-state index in [0.29, 0.717) is 11.1 Å². The molecule has 0 unspecified atom stereocenters. The summed E-state index contributed by atoms with van der Waals surface area (Å²) in [6.45, 7) is 1.67. The second-order valence-corrected chi connectivity index (χ2v) is 4.17. The number of phenolic OH excluding ortho intramolecular Hbond substituents is 2. The Balaban J connectivity index is 2.41. The molecule has 0 aliphatic rings. The van der Waals surface area contributed by atoms with E-state index < -0.39 is 5.60 Å². The lowest BCUT2D eigenvalue weighted by atomic mass is 9.88. The van der Waals surface area contributed by atoms with Gasteiger partial charge in [-0.1, -0.05) is 24.3 Å². The average Bonchev–Trinajstić information content (AvgIpc) is 2.30. The number of hydrogen-bond donors (Lipinski definition) is 3. The Hall–Kier alpha value is -2.00. The highest BCUT2D eigenvalue weighted by Gasteiger charge is 2.25. The molecular weight excluding hydrogens is 216 g/mol. The predicted molar refractivity (Wildman–Crippen MR) is 64.9 cm³/mol. The first-order chi connectivity index (χ1) is 8.00. The summed E-state index contributed by atoms with van der Waals surface area (Å²) >= 11 is 0. The fourth-order valence-electron chi connectivity index (χ4n) is 1.74. The number of aliphatic hydroxyl groups is 1. The first-order valence-corrected chi connectivity index (χ1v) is 5.31. The standard InChI is InChI=1S/C14H14O3/c1-14(17,10-2-6-12(15)7-3-10)11-4-8-13(16)9-5-11/h2-9,15-17H,1H3. The van der Waals surface area contributed by atoms with E-state index in [-0.39, 0.29) is 11.5 Å². The van der Waals surface area contributed by atoms with Gasteiger partial charge in [-0.2, -0.15) is 0 Å². The maximum Gasteiger partial charge on any atom is 0.115 e. The monoisotopic (exact) mass is 230 g/mol. The first-order valence-electron chi connectivity index (χ1n) is 5.31. The van der Waals surface area contributed by atoms with Gasteiger partial charge in [0.2, 0.25) is 0 Å². The summed E-state index contributed by atoms with van der Waals surface area (Å²) in [5, 5.41) is 28.9. The van der Waals surface area contributed by atoms with Crippen LogP contribution in [0.4, 0.5) is 0 Å². The van der Waals surface area contributed by atoms with Crippen LogP contribution in [0.1, 0.15) is 18.1 Å². The Kier molecular flexibility index (Phi) is 2.77. The first kappa shape index (κ1) is 11.5. The minimum atomic E-state index is -1.15. The largest absolute Gasteiger partial charge is 0.508 e. The minimum absolute atomic E-state index is 0.162. The van der Waals surface area contributed by atoms with E-state index >= 15 is 0 Å². The quantitative estimate of drug-likeness (QED) is 0.742. The third-order valence-electron chi connectivity index (χ3n) is 2.86. The molecular formula is C14H14O3. The fourth-order valence-corrected chi connectivity index (χ4v) is 1.74. The highest BCUT2D eigenvalue weighted by molar-refractivity contribution is 5.39. The lowest BCUT2D eigenvalue weighted by molar-refractivity contribution is 0.102. The van der Waals surface area contributed by atoms with Crippen LogP contribution in [0, 0.1) is 0 Å². The van der Waals surface area contributed by atoms with Gasteiger partial charge in [0, 0.05) is 0 Å². The minimum Gasteiger partial charge on any atom is -0.508 e. The molecule has 2 aromatic carbocycles. The fraction of sp³-hybridized carbons (Fsp3) is 0.143. The highest BCUT2D eigenvalue weighted by Crippen LogP contribution is 2.30. The summed E-state index contributed by atoms with van der Waals surface area (Å²) in [5.74, 6) is 0.325. The Morgan fingerprint density at radius 3 is 1.29 bits per heavy atom. The molecule has 0 heterocycles. The molecule has 0 fully saturated rings. The van der Waals surface area contributed by atoms with E-state index in [1.165, 1.54) is 24.3 Å². The molecule has 0 aliphatic carbocycles. The zero-order valence-corrected chi connectivity index (χ0v) is 9.46. The molecule has 0 amide bonds. The van der Waals surface area contributed by atoms with Crippen LogP contribution in [-0.2, 0) is 5.60 Å². The molecule has 3 heteroatoms. The van der Waals surface area contributed by atoms with Gasteiger partial charge in [-0.3, -0.25) is 0 Å². The number of aromatic hydroxyl groups is 2. The number of phenols is 2. The molecule has 0 aromatic heterocycles. The van der Waals surface area contributed by atoms with Crippen LogP contribution < -0.4 is 0 Å². The molecule has 2 rings (SSSR count). The summed E-state index contributed by atoms with van der Waals surface area (Å²) in [6, 6.07) is 12.8. The van der Waals surface area contributed by atoms with Gasteiger partial charge < -0.3 is 15.3 Å². The molecule has 17 heavy (non-hydrogen) atoms. The van der Waals surface area contributed by atoms with Gasteiger partial charge in [0.15, 0.2) is 0 Å². The van der Waals surface area contributed by atoms with Crippen molar-refractivity contribution in [3.8, 4) is 11.5 Å². The number of rotatable bonds is 2. The second-order valence-electron chi connectivity index (χ2n) is 4.17. The van der Waals surface area contributed by atoms with Gasteiger partial charge in [0.1, 0.15) is 17.1 Å².